The van der Waals surface area contributed by atoms with Gasteiger partial charge in [-0.3, -0.25) is 10.1 Å². The van der Waals surface area contributed by atoms with Crippen LogP contribution in [0.15, 0.2) is 83.6 Å². The van der Waals surface area contributed by atoms with Gasteiger partial charge in [0, 0.05) is 27.7 Å². The Labute approximate surface area is 228 Å². The number of carbonyl (C=O) groups excluding carboxylic acids is 1. The van der Waals surface area contributed by atoms with Gasteiger partial charge in [-0.15, -0.1) is 0 Å². The molecule has 0 saturated heterocycles. The molecule has 39 heavy (non-hydrogen) atoms. The van der Waals surface area contributed by atoms with Crippen molar-refractivity contribution >= 4 is 40.3 Å². The summed E-state index contributed by atoms with van der Waals surface area (Å²) in [5.74, 6) is -0.393. The van der Waals surface area contributed by atoms with Gasteiger partial charge in [-0.05, 0) is 54.7 Å². The number of aromatic amines is 1. The van der Waals surface area contributed by atoms with E-state index in [0.29, 0.717) is 40.4 Å². The fraction of sp³-hybridized carbons (Fsp3) is 0.167. The summed E-state index contributed by atoms with van der Waals surface area (Å²) in [5.41, 5.74) is 4.60. The third-order valence-corrected chi connectivity index (χ3v) is 7.65. The van der Waals surface area contributed by atoms with E-state index in [1.165, 1.54) is 6.20 Å². The van der Waals surface area contributed by atoms with E-state index in [2.05, 4.69) is 15.5 Å². The monoisotopic (exact) mass is 541 g/mol. The molecule has 1 amide bonds. The van der Waals surface area contributed by atoms with E-state index in [4.69, 9.17) is 20.9 Å². The van der Waals surface area contributed by atoms with Crippen LogP contribution in [0.4, 0.5) is 10.5 Å². The van der Waals surface area contributed by atoms with Crippen LogP contribution in [0.5, 0.6) is 0 Å². The van der Waals surface area contributed by atoms with Gasteiger partial charge in [-0.25, -0.2) is 4.79 Å². The minimum atomic E-state index is -0.772. The molecule has 1 aliphatic rings. The Hall–Kier alpha value is -4.56. The minimum Gasteiger partial charge on any atom is -0.481 e. The average Bonchev–Trinajstić information content (AvgIpc) is 3.38. The SMILES string of the molecule is CC(OC(=O)Nc1cnoc1-c1ccc(-c2ccc(C3(C(=O)O)CC3)cc2)c2cc[nH]c12)c1ccccc1Cl. The highest BCUT2D eigenvalue weighted by Gasteiger charge is 2.51. The molecule has 5 aromatic rings. The third-order valence-electron chi connectivity index (χ3n) is 7.31. The fourth-order valence-electron chi connectivity index (χ4n) is 5.01. The van der Waals surface area contributed by atoms with Crippen LogP contribution in [-0.4, -0.2) is 27.3 Å². The molecule has 2 aromatic heterocycles. The van der Waals surface area contributed by atoms with Crippen molar-refractivity contribution in [3.05, 3.63) is 95.3 Å². The van der Waals surface area contributed by atoms with Crippen molar-refractivity contribution in [1.82, 2.24) is 10.1 Å². The number of halogens is 1. The Balaban J connectivity index is 1.26. The lowest BCUT2D eigenvalue weighted by Crippen LogP contribution is -2.19. The number of rotatable bonds is 7. The molecule has 196 valence electrons. The molecule has 0 radical (unpaired) electrons. The summed E-state index contributed by atoms with van der Waals surface area (Å²) in [6, 6.07) is 20.7. The van der Waals surface area contributed by atoms with Gasteiger partial charge >= 0.3 is 12.1 Å². The second-order valence-corrected chi connectivity index (χ2v) is 10.1. The number of benzene rings is 3. The van der Waals surface area contributed by atoms with Crippen LogP contribution >= 0.6 is 11.6 Å². The molecule has 1 atom stereocenters. The maximum Gasteiger partial charge on any atom is 0.412 e. The first-order valence-corrected chi connectivity index (χ1v) is 12.9. The largest absolute Gasteiger partial charge is 0.481 e. The molecule has 0 aliphatic heterocycles. The van der Waals surface area contributed by atoms with Gasteiger partial charge in [0.05, 0.1) is 17.1 Å². The average molecular weight is 542 g/mol. The van der Waals surface area contributed by atoms with Crippen LogP contribution in [0.2, 0.25) is 5.02 Å². The lowest BCUT2D eigenvalue weighted by Gasteiger charge is -2.15. The van der Waals surface area contributed by atoms with Gasteiger partial charge in [0.1, 0.15) is 11.8 Å². The first-order valence-electron chi connectivity index (χ1n) is 12.5. The number of aliphatic carboxylic acids is 1. The molecule has 6 rings (SSSR count). The molecule has 1 unspecified atom stereocenters. The number of ether oxygens (including phenoxy) is 1. The maximum atomic E-state index is 12.7. The summed E-state index contributed by atoms with van der Waals surface area (Å²) in [7, 11) is 0. The maximum absolute atomic E-state index is 12.7. The third kappa shape index (κ3) is 4.42. The molecule has 1 fully saturated rings. The molecule has 2 heterocycles. The smallest absolute Gasteiger partial charge is 0.412 e. The standard InChI is InChI=1S/C30H24ClN3O5/c1-17(20-4-2-3-5-24(20)31)38-29(37)34-25-16-33-39-27(25)23-11-10-21(22-12-15-32-26(22)23)18-6-8-19(9-7-18)30(13-14-30)28(35)36/h2-12,15-17,32H,13-14H2,1H3,(H,34,37)(H,35,36). The molecular formula is C30H24ClN3O5. The molecule has 0 spiro atoms. The van der Waals surface area contributed by atoms with Gasteiger partial charge in [-0.1, -0.05) is 65.3 Å². The second kappa shape index (κ2) is 9.63. The molecule has 8 nitrogen and oxygen atoms in total. The first kappa shape index (κ1) is 24.8. The van der Waals surface area contributed by atoms with Crippen LogP contribution in [0.1, 0.15) is 37.0 Å². The van der Waals surface area contributed by atoms with Crippen molar-refractivity contribution in [3.63, 3.8) is 0 Å². The molecule has 0 bridgehead atoms. The number of hydrogen-bond donors (Lipinski definition) is 3. The highest BCUT2D eigenvalue weighted by atomic mass is 35.5. The zero-order valence-corrected chi connectivity index (χ0v) is 21.7. The summed E-state index contributed by atoms with van der Waals surface area (Å²) in [6.07, 6.45) is 3.36. The quantitative estimate of drug-likeness (QED) is 0.195. The van der Waals surface area contributed by atoms with Crippen molar-refractivity contribution in [3.8, 4) is 22.5 Å². The Morgan fingerprint density at radius 1 is 1.08 bits per heavy atom. The number of H-pyrrole nitrogens is 1. The normalized spacial score (nSPS) is 14.6. The summed E-state index contributed by atoms with van der Waals surface area (Å²) in [5, 5.41) is 17.7. The van der Waals surface area contributed by atoms with E-state index in [1.807, 2.05) is 60.8 Å². The number of anilines is 1. The van der Waals surface area contributed by atoms with Gasteiger partial charge in [0.25, 0.3) is 0 Å². The lowest BCUT2D eigenvalue weighted by molar-refractivity contribution is -0.140. The van der Waals surface area contributed by atoms with E-state index in [0.717, 1.165) is 27.6 Å². The van der Waals surface area contributed by atoms with Crippen molar-refractivity contribution < 1.29 is 24.0 Å². The predicted octanol–water partition coefficient (Wildman–Crippen LogP) is 7.57. The molecule has 3 aromatic carbocycles. The van der Waals surface area contributed by atoms with E-state index in [-0.39, 0.29) is 0 Å². The Kier molecular flexibility index (Phi) is 6.12. The molecular weight excluding hydrogens is 518 g/mol. The lowest BCUT2D eigenvalue weighted by atomic mass is 9.92. The topological polar surface area (TPSA) is 117 Å². The molecule has 1 saturated carbocycles. The van der Waals surface area contributed by atoms with Gasteiger partial charge in [0.2, 0.25) is 0 Å². The highest BCUT2D eigenvalue weighted by Crippen LogP contribution is 2.49. The van der Waals surface area contributed by atoms with Crippen LogP contribution < -0.4 is 5.32 Å². The Bertz CT molecular complexity index is 1700. The molecule has 9 heteroatoms. The van der Waals surface area contributed by atoms with E-state index >= 15 is 0 Å². The number of carboxylic acid groups (broad SMARTS) is 1. The van der Waals surface area contributed by atoms with Crippen molar-refractivity contribution in [2.24, 2.45) is 0 Å². The Morgan fingerprint density at radius 2 is 1.82 bits per heavy atom. The highest BCUT2D eigenvalue weighted by molar-refractivity contribution is 6.31. The number of hydrogen-bond acceptors (Lipinski definition) is 5. The summed E-state index contributed by atoms with van der Waals surface area (Å²) < 4.78 is 11.1. The van der Waals surface area contributed by atoms with Crippen molar-refractivity contribution in [2.45, 2.75) is 31.3 Å². The molecule has 3 N–H and O–H groups in total. The van der Waals surface area contributed by atoms with E-state index in [9.17, 15) is 14.7 Å². The van der Waals surface area contributed by atoms with Crippen LogP contribution in [0, 0.1) is 0 Å². The first-order chi connectivity index (χ1) is 18.9. The zero-order valence-electron chi connectivity index (χ0n) is 20.9. The number of amides is 1. The number of carboxylic acids is 1. The van der Waals surface area contributed by atoms with Gasteiger partial charge in [-0.2, -0.15) is 0 Å². The van der Waals surface area contributed by atoms with Crippen LogP contribution in [0.3, 0.4) is 0 Å². The number of nitrogens with one attached hydrogen (secondary N) is 2. The van der Waals surface area contributed by atoms with Crippen molar-refractivity contribution in [2.75, 3.05) is 5.32 Å². The molecule has 1 aliphatic carbocycles. The van der Waals surface area contributed by atoms with Gasteiger partial charge < -0.3 is 19.4 Å². The number of carbonyl (C=O) groups is 2. The van der Waals surface area contributed by atoms with E-state index < -0.39 is 23.6 Å². The Morgan fingerprint density at radius 3 is 2.54 bits per heavy atom. The number of fused-ring (bicyclic) bond motifs is 1. The van der Waals surface area contributed by atoms with E-state index in [1.54, 1.807) is 19.1 Å². The van der Waals surface area contributed by atoms with Crippen LogP contribution in [0.25, 0.3) is 33.4 Å². The predicted molar refractivity (Wildman–Crippen MR) is 148 cm³/mol. The summed E-state index contributed by atoms with van der Waals surface area (Å²) in [6.45, 7) is 1.75. The van der Waals surface area contributed by atoms with Crippen molar-refractivity contribution in [1.29, 1.82) is 0 Å². The van der Waals surface area contributed by atoms with Crippen LogP contribution in [-0.2, 0) is 14.9 Å². The number of aromatic nitrogens is 2. The van der Waals surface area contributed by atoms with Gasteiger partial charge in [0.15, 0.2) is 5.76 Å². The second-order valence-electron chi connectivity index (χ2n) is 9.65. The number of nitrogens with zero attached hydrogens (tertiary/aromatic N) is 1. The summed E-state index contributed by atoms with van der Waals surface area (Å²) >= 11 is 6.23. The zero-order chi connectivity index (χ0) is 27.1. The minimum absolute atomic E-state index is 0.364. The summed E-state index contributed by atoms with van der Waals surface area (Å²) in [4.78, 5) is 27.7. The fourth-order valence-corrected chi connectivity index (χ4v) is 5.30.